The smallest absolute Gasteiger partial charge is 0.293 e. The van der Waals surface area contributed by atoms with E-state index in [4.69, 9.17) is 0 Å². The van der Waals surface area contributed by atoms with E-state index < -0.39 is 0 Å². The minimum Gasteiger partial charge on any atom is -0.336 e. The van der Waals surface area contributed by atoms with Crippen molar-refractivity contribution in [3.8, 4) is 5.69 Å². The molecule has 2 atom stereocenters. The standard InChI is InChI=1S/C19H23FN4O/c1-13-21-18(22-24(13)17-8-6-16(20)7-9-17)19(25)23-11-10-14-4-2-3-5-15(14)12-23/h6-9,14-15H,2-5,10-12H2,1H3/t14-,15-/m0/s1. The number of fused-ring (bicyclic) bond motifs is 1. The van der Waals surface area contributed by atoms with Crippen molar-refractivity contribution in [1.82, 2.24) is 19.7 Å². The lowest BCUT2D eigenvalue weighted by atomic mass is 9.75. The van der Waals surface area contributed by atoms with E-state index in [0.29, 0.717) is 17.4 Å². The molecule has 0 spiro atoms. The second-order valence-electron chi connectivity index (χ2n) is 7.22. The van der Waals surface area contributed by atoms with E-state index in [9.17, 15) is 9.18 Å². The van der Waals surface area contributed by atoms with Crippen LogP contribution < -0.4 is 0 Å². The van der Waals surface area contributed by atoms with Gasteiger partial charge in [0.15, 0.2) is 0 Å². The third-order valence-electron chi connectivity index (χ3n) is 5.61. The lowest BCUT2D eigenvalue weighted by Gasteiger charge is -2.40. The van der Waals surface area contributed by atoms with Gasteiger partial charge < -0.3 is 4.90 Å². The third kappa shape index (κ3) is 3.17. The second kappa shape index (κ2) is 6.58. The van der Waals surface area contributed by atoms with Crippen LogP contribution in [-0.2, 0) is 0 Å². The van der Waals surface area contributed by atoms with Crippen LogP contribution in [0.4, 0.5) is 4.39 Å². The van der Waals surface area contributed by atoms with Crippen LogP contribution in [0, 0.1) is 24.6 Å². The Balaban J connectivity index is 1.53. The summed E-state index contributed by atoms with van der Waals surface area (Å²) in [4.78, 5) is 19.1. The molecule has 2 aliphatic rings. The second-order valence-corrected chi connectivity index (χ2v) is 7.22. The lowest BCUT2D eigenvalue weighted by molar-refractivity contribution is 0.0510. The van der Waals surface area contributed by atoms with Crippen LogP contribution in [0.5, 0.6) is 0 Å². The quantitative estimate of drug-likeness (QED) is 0.841. The molecule has 132 valence electrons. The summed E-state index contributed by atoms with van der Waals surface area (Å²) in [7, 11) is 0. The molecule has 25 heavy (non-hydrogen) atoms. The summed E-state index contributed by atoms with van der Waals surface area (Å²) in [6.07, 6.45) is 6.24. The average Bonchev–Trinajstić information content (AvgIpc) is 3.03. The summed E-state index contributed by atoms with van der Waals surface area (Å²) in [5.74, 6) is 1.88. The molecule has 0 N–H and O–H groups in total. The fraction of sp³-hybridized carbons (Fsp3) is 0.526. The van der Waals surface area contributed by atoms with Crippen molar-refractivity contribution in [2.45, 2.75) is 39.0 Å². The molecular formula is C19H23FN4O. The zero-order valence-electron chi connectivity index (χ0n) is 14.5. The Kier molecular flexibility index (Phi) is 4.27. The fourth-order valence-corrected chi connectivity index (χ4v) is 4.23. The molecule has 6 heteroatoms. The Morgan fingerprint density at radius 1 is 1.12 bits per heavy atom. The van der Waals surface area contributed by atoms with E-state index in [1.54, 1.807) is 23.7 Å². The predicted octanol–water partition coefficient (Wildman–Crippen LogP) is 3.37. The van der Waals surface area contributed by atoms with Crippen LogP contribution in [0.15, 0.2) is 24.3 Å². The van der Waals surface area contributed by atoms with Crippen molar-refractivity contribution < 1.29 is 9.18 Å². The molecular weight excluding hydrogens is 319 g/mol. The highest BCUT2D eigenvalue weighted by Crippen LogP contribution is 2.36. The van der Waals surface area contributed by atoms with Crippen molar-refractivity contribution >= 4 is 5.91 Å². The van der Waals surface area contributed by atoms with Gasteiger partial charge in [-0.2, -0.15) is 0 Å². The van der Waals surface area contributed by atoms with Gasteiger partial charge in [0.05, 0.1) is 5.69 Å². The normalized spacial score (nSPS) is 23.4. The number of carbonyl (C=O) groups excluding carboxylic acids is 1. The monoisotopic (exact) mass is 342 g/mol. The minimum atomic E-state index is -0.298. The number of aryl methyl sites for hydroxylation is 1. The van der Waals surface area contributed by atoms with Crippen LogP contribution >= 0.6 is 0 Å². The Hall–Kier alpha value is -2.24. The Morgan fingerprint density at radius 2 is 1.84 bits per heavy atom. The number of piperidine rings is 1. The fourth-order valence-electron chi connectivity index (χ4n) is 4.23. The maximum Gasteiger partial charge on any atom is 0.293 e. The van der Waals surface area contributed by atoms with Gasteiger partial charge in [0.25, 0.3) is 5.91 Å². The zero-order valence-corrected chi connectivity index (χ0v) is 14.5. The van der Waals surface area contributed by atoms with Crippen LogP contribution in [0.25, 0.3) is 5.69 Å². The van der Waals surface area contributed by atoms with Gasteiger partial charge in [-0.15, -0.1) is 5.10 Å². The van der Waals surface area contributed by atoms with Crippen LogP contribution in [-0.4, -0.2) is 38.7 Å². The lowest BCUT2D eigenvalue weighted by Crippen LogP contribution is -2.45. The number of rotatable bonds is 2. The first-order valence-corrected chi connectivity index (χ1v) is 9.10. The van der Waals surface area contributed by atoms with Gasteiger partial charge >= 0.3 is 0 Å². The highest BCUT2D eigenvalue weighted by Gasteiger charge is 2.34. The first-order valence-electron chi connectivity index (χ1n) is 9.10. The van der Waals surface area contributed by atoms with Gasteiger partial charge in [0.2, 0.25) is 5.82 Å². The molecule has 4 rings (SSSR count). The van der Waals surface area contributed by atoms with Crippen molar-refractivity contribution in [3.63, 3.8) is 0 Å². The molecule has 2 fully saturated rings. The van der Waals surface area contributed by atoms with Crippen molar-refractivity contribution in [2.75, 3.05) is 13.1 Å². The first kappa shape index (κ1) is 16.2. The molecule has 0 unspecified atom stereocenters. The van der Waals surface area contributed by atoms with E-state index in [0.717, 1.165) is 25.4 Å². The summed E-state index contributed by atoms with van der Waals surface area (Å²) in [6.45, 7) is 3.43. The highest BCUT2D eigenvalue weighted by molar-refractivity contribution is 5.90. The maximum atomic E-state index is 13.1. The summed E-state index contributed by atoms with van der Waals surface area (Å²) < 4.78 is 14.7. The molecule has 2 aromatic rings. The number of halogens is 1. The van der Waals surface area contributed by atoms with E-state index >= 15 is 0 Å². The highest BCUT2D eigenvalue weighted by atomic mass is 19.1. The summed E-state index contributed by atoms with van der Waals surface area (Å²) >= 11 is 0. The summed E-state index contributed by atoms with van der Waals surface area (Å²) in [5.41, 5.74) is 0.705. The van der Waals surface area contributed by atoms with Crippen LogP contribution in [0.1, 0.15) is 48.5 Å². The molecule has 1 aliphatic heterocycles. The van der Waals surface area contributed by atoms with Gasteiger partial charge in [-0.25, -0.2) is 14.1 Å². The molecule has 1 aromatic carbocycles. The number of hydrogen-bond acceptors (Lipinski definition) is 3. The molecule has 1 amide bonds. The summed E-state index contributed by atoms with van der Waals surface area (Å²) in [6, 6.07) is 6.04. The van der Waals surface area contributed by atoms with Crippen molar-refractivity contribution in [1.29, 1.82) is 0 Å². The predicted molar refractivity (Wildman–Crippen MR) is 92.0 cm³/mol. The molecule has 5 nitrogen and oxygen atoms in total. The van der Waals surface area contributed by atoms with Crippen LogP contribution in [0.2, 0.25) is 0 Å². The molecule has 1 saturated heterocycles. The molecule has 0 bridgehead atoms. The minimum absolute atomic E-state index is 0.0898. The molecule has 1 aliphatic carbocycles. The van der Waals surface area contributed by atoms with Gasteiger partial charge in [-0.1, -0.05) is 19.3 Å². The SMILES string of the molecule is Cc1nc(C(=O)N2CC[C@@H]3CCCC[C@H]3C2)nn1-c1ccc(F)cc1. The van der Waals surface area contributed by atoms with Gasteiger partial charge in [-0.05, 0) is 55.9 Å². The van der Waals surface area contributed by atoms with E-state index in [-0.39, 0.29) is 17.5 Å². The molecule has 1 saturated carbocycles. The molecule has 2 heterocycles. The van der Waals surface area contributed by atoms with Crippen LogP contribution in [0.3, 0.4) is 0 Å². The zero-order chi connectivity index (χ0) is 17.4. The van der Waals surface area contributed by atoms with E-state index in [1.165, 1.54) is 37.8 Å². The van der Waals surface area contributed by atoms with Crippen molar-refractivity contribution in [3.05, 3.63) is 41.7 Å². The topological polar surface area (TPSA) is 51.0 Å². The number of benzene rings is 1. The third-order valence-corrected chi connectivity index (χ3v) is 5.61. The number of nitrogens with zero attached hydrogens (tertiary/aromatic N) is 4. The number of aromatic nitrogens is 3. The Morgan fingerprint density at radius 3 is 2.60 bits per heavy atom. The Bertz CT molecular complexity index is 770. The van der Waals surface area contributed by atoms with E-state index in [2.05, 4.69) is 10.1 Å². The average molecular weight is 342 g/mol. The van der Waals surface area contributed by atoms with E-state index in [1.807, 2.05) is 4.90 Å². The van der Waals surface area contributed by atoms with Gasteiger partial charge in [-0.3, -0.25) is 4.79 Å². The first-order chi connectivity index (χ1) is 12.1. The molecule has 0 radical (unpaired) electrons. The largest absolute Gasteiger partial charge is 0.336 e. The number of likely N-dealkylation sites (tertiary alicyclic amines) is 1. The van der Waals surface area contributed by atoms with Crippen molar-refractivity contribution in [2.24, 2.45) is 11.8 Å². The number of amides is 1. The summed E-state index contributed by atoms with van der Waals surface area (Å²) in [5, 5.41) is 4.38. The number of hydrogen-bond donors (Lipinski definition) is 0. The Labute approximate surface area is 146 Å². The maximum absolute atomic E-state index is 13.1. The van der Waals surface area contributed by atoms with Gasteiger partial charge in [0.1, 0.15) is 11.6 Å². The molecule has 1 aromatic heterocycles. The van der Waals surface area contributed by atoms with Gasteiger partial charge in [0, 0.05) is 13.1 Å². The number of carbonyl (C=O) groups is 1.